The standard InChI is InChI=1S/C18H19N3OS.ClH/c1-14-5-3-4-6-16(14)7-8-17(22)21-11-10-20(13-15(21)2)18-19-9-12-23-18;/h3-6,9,12,15H,10-11,13H2,1-2H3;1H. The molecule has 1 fully saturated rings. The predicted octanol–water partition coefficient (Wildman–Crippen LogP) is 2.96. The number of thiazole rings is 1. The first-order valence-corrected chi connectivity index (χ1v) is 8.56. The molecule has 1 aromatic heterocycles. The molecule has 0 bridgehead atoms. The van der Waals surface area contributed by atoms with E-state index in [-0.39, 0.29) is 24.4 Å². The number of aryl methyl sites for hydroxylation is 1. The zero-order valence-corrected chi connectivity index (χ0v) is 15.4. The van der Waals surface area contributed by atoms with Gasteiger partial charge in [-0.25, -0.2) is 4.98 Å². The molecule has 4 nitrogen and oxygen atoms in total. The average Bonchev–Trinajstić information content (AvgIpc) is 3.08. The number of anilines is 1. The third kappa shape index (κ3) is 4.08. The van der Waals surface area contributed by atoms with Crippen LogP contribution in [0.4, 0.5) is 5.13 Å². The van der Waals surface area contributed by atoms with E-state index in [1.807, 2.05) is 47.7 Å². The molecular weight excluding hydrogens is 342 g/mol. The summed E-state index contributed by atoms with van der Waals surface area (Å²) in [5.74, 6) is 5.70. The maximum absolute atomic E-state index is 12.4. The summed E-state index contributed by atoms with van der Waals surface area (Å²) in [4.78, 5) is 20.8. The second-order valence-corrected chi connectivity index (χ2v) is 6.55. The number of carbonyl (C=O) groups excluding carboxylic acids is 1. The fraction of sp³-hybridized carbons (Fsp3) is 0.333. The first kappa shape index (κ1) is 18.3. The Morgan fingerprint density at radius 3 is 2.79 bits per heavy atom. The van der Waals surface area contributed by atoms with Crippen molar-refractivity contribution < 1.29 is 4.79 Å². The molecule has 24 heavy (non-hydrogen) atoms. The summed E-state index contributed by atoms with van der Waals surface area (Å²) in [5, 5.41) is 3.00. The van der Waals surface area contributed by atoms with Crippen LogP contribution in [0, 0.1) is 18.8 Å². The summed E-state index contributed by atoms with van der Waals surface area (Å²) in [6.07, 6.45) is 1.82. The van der Waals surface area contributed by atoms with E-state index < -0.39 is 0 Å². The molecule has 0 radical (unpaired) electrons. The van der Waals surface area contributed by atoms with Crippen LogP contribution in [-0.2, 0) is 4.79 Å². The molecule has 2 aromatic rings. The molecule has 1 unspecified atom stereocenters. The van der Waals surface area contributed by atoms with E-state index in [1.165, 1.54) is 0 Å². The Labute approximate surface area is 152 Å². The van der Waals surface area contributed by atoms with Gasteiger partial charge in [0.05, 0.1) is 0 Å². The lowest BCUT2D eigenvalue weighted by molar-refractivity contribution is -0.127. The van der Waals surface area contributed by atoms with Crippen molar-refractivity contribution >= 4 is 34.8 Å². The Bertz CT molecular complexity index is 751. The Morgan fingerprint density at radius 1 is 1.33 bits per heavy atom. The Hall–Kier alpha value is -2.03. The van der Waals surface area contributed by atoms with Crippen LogP contribution in [0.3, 0.4) is 0 Å². The Balaban J connectivity index is 0.00000208. The smallest absolute Gasteiger partial charge is 0.299 e. The number of nitrogens with zero attached hydrogens (tertiary/aromatic N) is 3. The van der Waals surface area contributed by atoms with Gasteiger partial charge in [-0.2, -0.15) is 0 Å². The van der Waals surface area contributed by atoms with Gasteiger partial charge >= 0.3 is 0 Å². The zero-order valence-electron chi connectivity index (χ0n) is 13.7. The van der Waals surface area contributed by atoms with Crippen molar-refractivity contribution in [1.82, 2.24) is 9.88 Å². The predicted molar refractivity (Wildman–Crippen MR) is 101 cm³/mol. The fourth-order valence-corrected chi connectivity index (χ4v) is 3.39. The summed E-state index contributed by atoms with van der Waals surface area (Å²) < 4.78 is 0. The maximum Gasteiger partial charge on any atom is 0.299 e. The molecule has 1 amide bonds. The van der Waals surface area contributed by atoms with E-state index in [4.69, 9.17) is 0 Å². The van der Waals surface area contributed by atoms with Crippen LogP contribution < -0.4 is 4.90 Å². The minimum absolute atomic E-state index is 0. The van der Waals surface area contributed by atoms with Crippen molar-refractivity contribution in [2.75, 3.05) is 24.5 Å². The highest BCUT2D eigenvalue weighted by Gasteiger charge is 2.27. The molecule has 1 aliphatic rings. The SMILES string of the molecule is Cc1ccccc1C#CC(=O)N1CCN(c2nccs2)CC1C.Cl. The number of piperazine rings is 1. The van der Waals surface area contributed by atoms with E-state index in [0.29, 0.717) is 6.54 Å². The second kappa shape index (κ2) is 8.18. The van der Waals surface area contributed by atoms with Gasteiger partial charge in [0.2, 0.25) is 0 Å². The number of carbonyl (C=O) groups is 1. The quantitative estimate of drug-likeness (QED) is 0.733. The minimum atomic E-state index is -0.0976. The molecule has 0 N–H and O–H groups in total. The molecular formula is C18H20ClN3OS. The van der Waals surface area contributed by atoms with Gasteiger partial charge in [0.25, 0.3) is 5.91 Å². The van der Waals surface area contributed by atoms with Crippen molar-refractivity contribution in [3.05, 3.63) is 47.0 Å². The Kier molecular flexibility index (Phi) is 6.24. The van der Waals surface area contributed by atoms with Gasteiger partial charge in [0.1, 0.15) is 0 Å². The van der Waals surface area contributed by atoms with E-state index in [1.54, 1.807) is 11.3 Å². The fourth-order valence-electron chi connectivity index (χ4n) is 2.71. The van der Waals surface area contributed by atoms with E-state index in [9.17, 15) is 4.79 Å². The lowest BCUT2D eigenvalue weighted by atomic mass is 10.1. The molecule has 0 aliphatic carbocycles. The van der Waals surface area contributed by atoms with Gasteiger partial charge in [0, 0.05) is 48.7 Å². The number of amides is 1. The topological polar surface area (TPSA) is 36.4 Å². The maximum atomic E-state index is 12.4. The van der Waals surface area contributed by atoms with Gasteiger partial charge in [-0.1, -0.05) is 24.1 Å². The van der Waals surface area contributed by atoms with Crippen LogP contribution in [0.2, 0.25) is 0 Å². The number of aromatic nitrogens is 1. The third-order valence-corrected chi connectivity index (χ3v) is 4.86. The monoisotopic (exact) mass is 361 g/mol. The van der Waals surface area contributed by atoms with Crippen molar-refractivity contribution in [1.29, 1.82) is 0 Å². The number of rotatable bonds is 1. The summed E-state index contributed by atoms with van der Waals surface area (Å²) >= 11 is 1.63. The lowest BCUT2D eigenvalue weighted by Gasteiger charge is -2.38. The van der Waals surface area contributed by atoms with Crippen LogP contribution in [0.1, 0.15) is 18.1 Å². The van der Waals surface area contributed by atoms with E-state index in [2.05, 4.69) is 28.6 Å². The molecule has 1 atom stereocenters. The number of halogens is 1. The van der Waals surface area contributed by atoms with E-state index in [0.717, 1.165) is 29.3 Å². The molecule has 1 saturated heterocycles. The van der Waals surface area contributed by atoms with Crippen LogP contribution in [0.15, 0.2) is 35.8 Å². The average molecular weight is 362 g/mol. The lowest BCUT2D eigenvalue weighted by Crippen LogP contribution is -2.53. The second-order valence-electron chi connectivity index (χ2n) is 5.67. The van der Waals surface area contributed by atoms with Crippen LogP contribution >= 0.6 is 23.7 Å². The van der Waals surface area contributed by atoms with Crippen molar-refractivity contribution in [3.8, 4) is 11.8 Å². The van der Waals surface area contributed by atoms with Gasteiger partial charge in [-0.05, 0) is 25.5 Å². The number of hydrogen-bond donors (Lipinski definition) is 0. The normalized spacial score (nSPS) is 16.8. The molecule has 1 aromatic carbocycles. The molecule has 1 aliphatic heterocycles. The van der Waals surface area contributed by atoms with Gasteiger partial charge in [-0.15, -0.1) is 23.7 Å². The highest BCUT2D eigenvalue weighted by Crippen LogP contribution is 2.21. The highest BCUT2D eigenvalue weighted by molar-refractivity contribution is 7.13. The first-order valence-electron chi connectivity index (χ1n) is 7.68. The Morgan fingerprint density at radius 2 is 2.12 bits per heavy atom. The van der Waals surface area contributed by atoms with Crippen molar-refractivity contribution in [2.24, 2.45) is 0 Å². The minimum Gasteiger partial charge on any atom is -0.344 e. The molecule has 2 heterocycles. The molecule has 6 heteroatoms. The zero-order chi connectivity index (χ0) is 16.2. The number of benzene rings is 1. The molecule has 3 rings (SSSR count). The van der Waals surface area contributed by atoms with E-state index >= 15 is 0 Å². The molecule has 0 saturated carbocycles. The van der Waals surface area contributed by atoms with Crippen LogP contribution in [0.25, 0.3) is 0 Å². The van der Waals surface area contributed by atoms with Crippen LogP contribution in [-0.4, -0.2) is 41.5 Å². The van der Waals surface area contributed by atoms with Gasteiger partial charge in [-0.3, -0.25) is 4.79 Å². The highest BCUT2D eigenvalue weighted by atomic mass is 35.5. The summed E-state index contributed by atoms with van der Waals surface area (Å²) in [7, 11) is 0. The summed E-state index contributed by atoms with van der Waals surface area (Å²) in [6.45, 7) is 6.35. The first-order chi connectivity index (χ1) is 11.1. The van der Waals surface area contributed by atoms with Crippen LogP contribution in [0.5, 0.6) is 0 Å². The summed E-state index contributed by atoms with van der Waals surface area (Å²) in [5.41, 5.74) is 2.00. The van der Waals surface area contributed by atoms with Crippen molar-refractivity contribution in [3.63, 3.8) is 0 Å². The molecule has 0 spiro atoms. The van der Waals surface area contributed by atoms with Crippen molar-refractivity contribution in [2.45, 2.75) is 19.9 Å². The van der Waals surface area contributed by atoms with Gasteiger partial charge in [0.15, 0.2) is 5.13 Å². The number of hydrogen-bond acceptors (Lipinski definition) is 4. The molecule has 126 valence electrons. The third-order valence-electron chi connectivity index (χ3n) is 4.03. The van der Waals surface area contributed by atoms with Gasteiger partial charge < -0.3 is 9.80 Å². The largest absolute Gasteiger partial charge is 0.344 e. The summed E-state index contributed by atoms with van der Waals surface area (Å²) in [6, 6.07) is 7.99.